The summed E-state index contributed by atoms with van der Waals surface area (Å²) in [6.45, 7) is 0.263. The van der Waals surface area contributed by atoms with E-state index >= 15 is 0 Å². The van der Waals surface area contributed by atoms with Crippen LogP contribution in [0.2, 0.25) is 0 Å². The molecule has 1 heterocycles. The summed E-state index contributed by atoms with van der Waals surface area (Å²) in [4.78, 5) is 15.5. The second-order valence-electron chi connectivity index (χ2n) is 6.58. The van der Waals surface area contributed by atoms with Gasteiger partial charge >= 0.3 is 0 Å². The summed E-state index contributed by atoms with van der Waals surface area (Å²) in [6, 6.07) is 9.07. The highest BCUT2D eigenvalue weighted by atomic mass is 79.9. The molecule has 1 aromatic heterocycles. The van der Waals surface area contributed by atoms with Crippen LogP contribution in [0.25, 0.3) is 22.6 Å². The zero-order valence-electron chi connectivity index (χ0n) is 17.8. The summed E-state index contributed by atoms with van der Waals surface area (Å²) in [5.74, 6) is 2.23. The first-order valence-corrected chi connectivity index (χ1v) is 10.4. The molecular formula is C22H23BrN2O7. The summed E-state index contributed by atoms with van der Waals surface area (Å²) < 4.78 is 28.4. The number of ether oxygens (including phenoxy) is 4. The Morgan fingerprint density at radius 2 is 1.81 bits per heavy atom. The van der Waals surface area contributed by atoms with E-state index in [-0.39, 0.29) is 13.0 Å². The largest absolute Gasteiger partial charge is 0.493 e. The Kier molecular flexibility index (Phi) is 7.96. The molecule has 0 aliphatic carbocycles. The molecule has 0 unspecified atom stereocenters. The van der Waals surface area contributed by atoms with Gasteiger partial charge < -0.3 is 23.4 Å². The summed E-state index contributed by atoms with van der Waals surface area (Å²) >= 11 is 3.50. The highest BCUT2D eigenvalue weighted by Gasteiger charge is 2.19. The predicted octanol–water partition coefficient (Wildman–Crippen LogP) is 4.46. The zero-order valence-corrected chi connectivity index (χ0v) is 19.4. The van der Waals surface area contributed by atoms with E-state index in [0.29, 0.717) is 45.3 Å². The molecular weight excluding hydrogens is 484 g/mol. The van der Waals surface area contributed by atoms with Crippen LogP contribution in [0.15, 0.2) is 45.6 Å². The average Bonchev–Trinajstić information content (AvgIpc) is 3.30. The number of oxazole rings is 1. The number of carbonyl (C=O) groups is 1. The number of rotatable bonds is 10. The van der Waals surface area contributed by atoms with Crippen molar-refractivity contribution < 1.29 is 33.4 Å². The van der Waals surface area contributed by atoms with Gasteiger partial charge in [0.15, 0.2) is 35.2 Å². The topological polar surface area (TPSA) is 112 Å². The third kappa shape index (κ3) is 5.14. The molecule has 0 atom stereocenters. The lowest BCUT2D eigenvalue weighted by Gasteiger charge is -2.13. The highest BCUT2D eigenvalue weighted by molar-refractivity contribution is 9.10. The minimum atomic E-state index is -0.471. The molecule has 1 amide bonds. The van der Waals surface area contributed by atoms with Gasteiger partial charge in [0, 0.05) is 17.5 Å². The molecule has 2 N–H and O–H groups in total. The van der Waals surface area contributed by atoms with Crippen LogP contribution in [-0.2, 0) is 4.79 Å². The van der Waals surface area contributed by atoms with Crippen molar-refractivity contribution in [3.05, 3.63) is 41.2 Å². The van der Waals surface area contributed by atoms with Crippen LogP contribution >= 0.6 is 15.9 Å². The molecule has 3 aromatic rings. The summed E-state index contributed by atoms with van der Waals surface area (Å²) in [5, 5.41) is 8.58. The molecule has 32 heavy (non-hydrogen) atoms. The lowest BCUT2D eigenvalue weighted by Crippen LogP contribution is -2.18. The summed E-state index contributed by atoms with van der Waals surface area (Å²) in [7, 11) is 4.68. The molecule has 2 aromatic carbocycles. The highest BCUT2D eigenvalue weighted by Crippen LogP contribution is 2.42. The first-order valence-electron chi connectivity index (χ1n) is 9.61. The van der Waals surface area contributed by atoms with Gasteiger partial charge in [-0.3, -0.25) is 10.0 Å². The van der Waals surface area contributed by atoms with E-state index in [4.69, 9.17) is 28.6 Å². The van der Waals surface area contributed by atoms with E-state index in [1.54, 1.807) is 38.9 Å². The minimum Gasteiger partial charge on any atom is -0.493 e. The molecule has 0 saturated carbocycles. The van der Waals surface area contributed by atoms with E-state index in [0.717, 1.165) is 11.1 Å². The molecule has 3 rings (SSSR count). The van der Waals surface area contributed by atoms with Gasteiger partial charge in [0.1, 0.15) is 5.69 Å². The van der Waals surface area contributed by atoms with Crippen molar-refractivity contribution in [1.29, 1.82) is 0 Å². The van der Waals surface area contributed by atoms with Crippen molar-refractivity contribution in [2.45, 2.75) is 12.8 Å². The van der Waals surface area contributed by atoms with Crippen LogP contribution in [0.4, 0.5) is 0 Å². The summed E-state index contributed by atoms with van der Waals surface area (Å²) in [5.41, 5.74) is 3.71. The Labute approximate surface area is 193 Å². The van der Waals surface area contributed by atoms with E-state index in [9.17, 15) is 4.79 Å². The minimum absolute atomic E-state index is 0.138. The lowest BCUT2D eigenvalue weighted by molar-refractivity contribution is -0.129. The first kappa shape index (κ1) is 23.4. The maximum Gasteiger partial charge on any atom is 0.243 e. The monoisotopic (exact) mass is 506 g/mol. The number of hydrogen-bond acceptors (Lipinski definition) is 8. The SMILES string of the molecule is COc1ccc(-c2ocnc2-c2cc(Br)c(OC)c(OC)c2)cc1OCCCC(=O)NO. The summed E-state index contributed by atoms with van der Waals surface area (Å²) in [6.07, 6.45) is 1.93. The lowest BCUT2D eigenvalue weighted by atomic mass is 10.0. The van der Waals surface area contributed by atoms with Crippen LogP contribution < -0.4 is 24.4 Å². The molecule has 170 valence electrons. The fourth-order valence-electron chi connectivity index (χ4n) is 3.11. The quantitative estimate of drug-likeness (QED) is 0.235. The molecule has 0 aliphatic rings. The number of nitrogens with zero attached hydrogens (tertiary/aromatic N) is 1. The Balaban J connectivity index is 1.91. The maximum absolute atomic E-state index is 11.2. The molecule has 0 bridgehead atoms. The van der Waals surface area contributed by atoms with Crippen LogP contribution in [-0.4, -0.2) is 44.0 Å². The number of amides is 1. The van der Waals surface area contributed by atoms with Crippen molar-refractivity contribution in [1.82, 2.24) is 10.5 Å². The van der Waals surface area contributed by atoms with Crippen LogP contribution in [0, 0.1) is 0 Å². The van der Waals surface area contributed by atoms with Crippen molar-refractivity contribution in [2.24, 2.45) is 0 Å². The van der Waals surface area contributed by atoms with Crippen LogP contribution in [0.5, 0.6) is 23.0 Å². The Morgan fingerprint density at radius 3 is 2.50 bits per heavy atom. The van der Waals surface area contributed by atoms with E-state index in [1.165, 1.54) is 6.39 Å². The molecule has 0 aliphatic heterocycles. The maximum atomic E-state index is 11.2. The number of halogens is 1. The number of carbonyl (C=O) groups excluding carboxylic acids is 1. The van der Waals surface area contributed by atoms with Gasteiger partial charge in [0.2, 0.25) is 5.91 Å². The molecule has 0 fully saturated rings. The second-order valence-corrected chi connectivity index (χ2v) is 7.43. The number of hydroxylamine groups is 1. The predicted molar refractivity (Wildman–Crippen MR) is 119 cm³/mol. The van der Waals surface area contributed by atoms with Gasteiger partial charge in [-0.25, -0.2) is 10.5 Å². The van der Waals surface area contributed by atoms with Crippen molar-refractivity contribution >= 4 is 21.8 Å². The molecule has 0 radical (unpaired) electrons. The number of aromatic nitrogens is 1. The average molecular weight is 507 g/mol. The Bertz CT molecular complexity index is 1080. The molecule has 10 heteroatoms. The third-order valence-corrected chi connectivity index (χ3v) is 5.22. The number of nitrogens with one attached hydrogen (secondary N) is 1. The fraction of sp³-hybridized carbons (Fsp3) is 0.273. The van der Waals surface area contributed by atoms with Gasteiger partial charge in [0.25, 0.3) is 0 Å². The van der Waals surface area contributed by atoms with E-state index in [1.807, 2.05) is 18.2 Å². The number of hydrogen-bond donors (Lipinski definition) is 2. The standard InChI is InChI=1S/C22H23BrN2O7/c1-28-16-7-6-13(10-17(16)31-8-4-5-19(26)25-27)21-20(24-12-32-21)14-9-15(23)22(30-3)18(11-14)29-2/h6-7,9-12,27H,4-5,8H2,1-3H3,(H,25,26). The van der Waals surface area contributed by atoms with Crippen LogP contribution in [0.3, 0.4) is 0 Å². The molecule has 0 spiro atoms. The Hall–Kier alpha value is -3.24. The molecule has 9 nitrogen and oxygen atoms in total. The fourth-order valence-corrected chi connectivity index (χ4v) is 3.72. The van der Waals surface area contributed by atoms with Crippen LogP contribution in [0.1, 0.15) is 12.8 Å². The van der Waals surface area contributed by atoms with Gasteiger partial charge in [-0.05, 0) is 52.7 Å². The Morgan fingerprint density at radius 1 is 1.06 bits per heavy atom. The van der Waals surface area contributed by atoms with Crippen molar-refractivity contribution in [2.75, 3.05) is 27.9 Å². The van der Waals surface area contributed by atoms with Crippen molar-refractivity contribution in [3.63, 3.8) is 0 Å². The molecule has 0 saturated heterocycles. The van der Waals surface area contributed by atoms with E-state index in [2.05, 4.69) is 20.9 Å². The van der Waals surface area contributed by atoms with Gasteiger partial charge in [0.05, 0.1) is 32.4 Å². The van der Waals surface area contributed by atoms with Gasteiger partial charge in [-0.15, -0.1) is 0 Å². The van der Waals surface area contributed by atoms with Crippen molar-refractivity contribution in [3.8, 4) is 45.6 Å². The number of methoxy groups -OCH3 is 3. The van der Waals surface area contributed by atoms with Gasteiger partial charge in [-0.2, -0.15) is 0 Å². The third-order valence-electron chi connectivity index (χ3n) is 4.63. The van der Waals surface area contributed by atoms with Gasteiger partial charge in [-0.1, -0.05) is 0 Å². The number of benzene rings is 2. The smallest absolute Gasteiger partial charge is 0.243 e. The first-order chi connectivity index (χ1) is 15.5. The normalized spacial score (nSPS) is 10.5. The zero-order chi connectivity index (χ0) is 23.1. The van der Waals surface area contributed by atoms with E-state index < -0.39 is 5.91 Å². The second kappa shape index (κ2) is 10.9.